The molecule has 12 nitrogen and oxygen atoms in total. The molecular weight excluding hydrogens is 729 g/mol. The number of fused-ring (bicyclic) bond motifs is 1. The molecule has 0 radical (unpaired) electrons. The van der Waals surface area contributed by atoms with E-state index in [4.69, 9.17) is 14.2 Å². The van der Waals surface area contributed by atoms with Crippen LogP contribution in [0.4, 0.5) is 10.7 Å². The largest absolute Gasteiger partial charge is 0.493 e. The molecule has 1 aliphatic rings. The molecule has 0 bridgehead atoms. The number of thiophene rings is 1. The first kappa shape index (κ1) is 39.6. The first-order chi connectivity index (χ1) is 26.0. The highest BCUT2D eigenvalue weighted by molar-refractivity contribution is 8.00. The summed E-state index contributed by atoms with van der Waals surface area (Å²) >= 11 is 2.60. The van der Waals surface area contributed by atoms with Gasteiger partial charge in [0.2, 0.25) is 11.8 Å². The molecule has 1 atom stereocenters. The number of hydrogen-bond acceptors (Lipinski definition) is 10. The zero-order valence-corrected chi connectivity index (χ0v) is 32.3. The Morgan fingerprint density at radius 2 is 1.69 bits per heavy atom. The van der Waals surface area contributed by atoms with Gasteiger partial charge >= 0.3 is 5.97 Å². The van der Waals surface area contributed by atoms with Gasteiger partial charge in [-0.2, -0.15) is 0 Å². The van der Waals surface area contributed by atoms with E-state index in [0.29, 0.717) is 69.7 Å². The lowest BCUT2D eigenvalue weighted by Crippen LogP contribution is -2.34. The highest BCUT2D eigenvalue weighted by Crippen LogP contribution is 2.39. The number of ether oxygens (including phenoxy) is 3. The van der Waals surface area contributed by atoms with Gasteiger partial charge in [-0.05, 0) is 79.4 Å². The van der Waals surface area contributed by atoms with Gasteiger partial charge in [-0.3, -0.25) is 19.2 Å². The van der Waals surface area contributed by atoms with Crippen LogP contribution in [0, 0.1) is 0 Å². The number of hydrogen-bond donors (Lipinski definition) is 3. The summed E-state index contributed by atoms with van der Waals surface area (Å²) in [5, 5.41) is 8.44. The summed E-state index contributed by atoms with van der Waals surface area (Å²) in [6.45, 7) is 6.15. The highest BCUT2D eigenvalue weighted by atomic mass is 32.2. The van der Waals surface area contributed by atoms with E-state index in [-0.39, 0.29) is 24.1 Å². The smallest absolute Gasteiger partial charge is 0.341 e. The van der Waals surface area contributed by atoms with Crippen molar-refractivity contribution in [3.63, 3.8) is 0 Å². The van der Waals surface area contributed by atoms with Crippen molar-refractivity contribution in [3.8, 4) is 11.5 Å². The van der Waals surface area contributed by atoms with Crippen LogP contribution in [0.15, 0.2) is 83.4 Å². The van der Waals surface area contributed by atoms with Gasteiger partial charge in [-0.1, -0.05) is 37.3 Å². The van der Waals surface area contributed by atoms with Crippen LogP contribution in [-0.2, 0) is 32.1 Å². The number of anilines is 2. The summed E-state index contributed by atoms with van der Waals surface area (Å²) in [4.78, 5) is 69.0. The molecule has 5 rings (SSSR count). The molecular formula is C40H42N4O8S2. The van der Waals surface area contributed by atoms with Crippen molar-refractivity contribution >= 4 is 69.5 Å². The Bertz CT molecular complexity index is 2060. The van der Waals surface area contributed by atoms with Crippen molar-refractivity contribution in [3.05, 3.63) is 106 Å². The fourth-order valence-electron chi connectivity index (χ4n) is 5.76. The van der Waals surface area contributed by atoms with E-state index in [2.05, 4.69) is 16.0 Å². The molecule has 3 aromatic carbocycles. The Kier molecular flexibility index (Phi) is 13.5. The first-order valence-corrected chi connectivity index (χ1v) is 19.0. The lowest BCUT2D eigenvalue weighted by molar-refractivity contribution is -0.129. The minimum absolute atomic E-state index is 0.0117. The summed E-state index contributed by atoms with van der Waals surface area (Å²) in [6, 6.07) is 20.7. The Labute approximate surface area is 322 Å². The zero-order valence-electron chi connectivity index (χ0n) is 30.6. The SMILES string of the molecule is CCOC(=O)c1c(NC(=O)C(CC)Sc2cccc(NC(=O)/C(=C\c3ccc(OC)c(OC)c3)NC(=O)c3ccccc3)c2)sc2c1CCN(C(C)=O)C2. The molecule has 0 saturated carbocycles. The van der Waals surface area contributed by atoms with Crippen LogP contribution in [-0.4, -0.2) is 67.1 Å². The van der Waals surface area contributed by atoms with E-state index < -0.39 is 23.0 Å². The van der Waals surface area contributed by atoms with E-state index in [1.807, 2.05) is 13.0 Å². The van der Waals surface area contributed by atoms with Crippen molar-refractivity contribution in [2.24, 2.45) is 0 Å². The van der Waals surface area contributed by atoms with Crippen LogP contribution in [0.1, 0.15) is 63.9 Å². The van der Waals surface area contributed by atoms with Crippen molar-refractivity contribution < 1.29 is 38.2 Å². The van der Waals surface area contributed by atoms with Gasteiger partial charge in [0, 0.05) is 34.5 Å². The number of nitrogens with zero attached hydrogens (tertiary/aromatic N) is 1. The molecule has 2 heterocycles. The first-order valence-electron chi connectivity index (χ1n) is 17.3. The standard InChI is InChI=1S/C40H42N4O8S2/c1-6-33(38(48)43-39-35(40(49)52-7-2)29-18-19-44(24(3)45)23-34(29)54-39)53-28-15-11-14-27(22-28)41-37(47)30(42-36(46)26-12-9-8-10-13-26)20-25-16-17-31(50-4)32(21-25)51-5/h8-17,20-22,33H,6-7,18-19,23H2,1-5H3,(H,41,47)(H,42,46)(H,43,48)/b30-20+. The average Bonchev–Trinajstić information content (AvgIpc) is 3.54. The number of esters is 1. The molecule has 282 valence electrons. The van der Waals surface area contributed by atoms with E-state index in [0.717, 1.165) is 10.4 Å². The fourth-order valence-corrected chi connectivity index (χ4v) is 8.02. The summed E-state index contributed by atoms with van der Waals surface area (Å²) in [6.07, 6.45) is 2.49. The molecule has 54 heavy (non-hydrogen) atoms. The molecule has 4 amide bonds. The van der Waals surface area contributed by atoms with Crippen LogP contribution in [0.3, 0.4) is 0 Å². The molecule has 0 aliphatic carbocycles. The number of methoxy groups -OCH3 is 2. The van der Waals surface area contributed by atoms with Crippen LogP contribution in [0.25, 0.3) is 6.08 Å². The number of thioether (sulfide) groups is 1. The van der Waals surface area contributed by atoms with Crippen molar-refractivity contribution in [1.82, 2.24) is 10.2 Å². The van der Waals surface area contributed by atoms with Crippen molar-refractivity contribution in [1.29, 1.82) is 0 Å². The molecule has 1 aromatic heterocycles. The second kappa shape index (κ2) is 18.4. The third kappa shape index (κ3) is 9.68. The Balaban J connectivity index is 1.34. The van der Waals surface area contributed by atoms with Gasteiger partial charge in [0.1, 0.15) is 10.7 Å². The van der Waals surface area contributed by atoms with Gasteiger partial charge in [0.05, 0.1) is 38.2 Å². The Hall–Kier alpha value is -5.60. The van der Waals surface area contributed by atoms with Crippen LogP contribution in [0.5, 0.6) is 11.5 Å². The molecule has 0 saturated heterocycles. The normalized spacial score (nSPS) is 12.9. The second-order valence-electron chi connectivity index (χ2n) is 12.1. The lowest BCUT2D eigenvalue weighted by Gasteiger charge is -2.25. The molecule has 3 N–H and O–H groups in total. The Morgan fingerprint density at radius 3 is 2.37 bits per heavy atom. The number of carbonyl (C=O) groups is 5. The number of rotatable bonds is 14. The quantitative estimate of drug-likeness (QED) is 0.0717. The minimum atomic E-state index is -0.572. The number of carbonyl (C=O) groups excluding carboxylic acids is 5. The van der Waals surface area contributed by atoms with E-state index >= 15 is 0 Å². The number of amides is 4. The van der Waals surface area contributed by atoms with E-state index in [9.17, 15) is 24.0 Å². The van der Waals surface area contributed by atoms with Crippen LogP contribution < -0.4 is 25.4 Å². The maximum atomic E-state index is 13.8. The monoisotopic (exact) mass is 770 g/mol. The molecule has 1 aliphatic heterocycles. The van der Waals surface area contributed by atoms with Gasteiger partial charge in [-0.15, -0.1) is 23.1 Å². The molecule has 4 aromatic rings. The lowest BCUT2D eigenvalue weighted by atomic mass is 10.0. The molecule has 0 spiro atoms. The predicted octanol–water partition coefficient (Wildman–Crippen LogP) is 6.77. The van der Waals surface area contributed by atoms with Crippen LogP contribution in [0.2, 0.25) is 0 Å². The number of benzene rings is 3. The molecule has 0 fully saturated rings. The second-order valence-corrected chi connectivity index (χ2v) is 14.5. The topological polar surface area (TPSA) is 152 Å². The minimum Gasteiger partial charge on any atom is -0.493 e. The van der Waals surface area contributed by atoms with Gasteiger partial charge in [-0.25, -0.2) is 4.79 Å². The van der Waals surface area contributed by atoms with Crippen molar-refractivity contribution in [2.75, 3.05) is 38.0 Å². The fraction of sp³-hybridized carbons (Fsp3) is 0.275. The maximum Gasteiger partial charge on any atom is 0.341 e. The maximum absolute atomic E-state index is 13.8. The van der Waals surface area contributed by atoms with Gasteiger partial charge < -0.3 is 35.1 Å². The van der Waals surface area contributed by atoms with Gasteiger partial charge in [0.15, 0.2) is 11.5 Å². The number of nitrogens with one attached hydrogen (secondary N) is 3. The Morgan fingerprint density at radius 1 is 0.926 bits per heavy atom. The zero-order chi connectivity index (χ0) is 38.8. The third-order valence-electron chi connectivity index (χ3n) is 8.50. The average molecular weight is 771 g/mol. The van der Waals surface area contributed by atoms with Crippen molar-refractivity contribution in [2.45, 2.75) is 50.3 Å². The van der Waals surface area contributed by atoms with E-state index in [1.165, 1.54) is 44.2 Å². The third-order valence-corrected chi connectivity index (χ3v) is 11.0. The molecule has 14 heteroatoms. The predicted molar refractivity (Wildman–Crippen MR) is 210 cm³/mol. The summed E-state index contributed by atoms with van der Waals surface area (Å²) < 4.78 is 16.1. The van der Waals surface area contributed by atoms with E-state index in [1.54, 1.807) is 84.6 Å². The highest BCUT2D eigenvalue weighted by Gasteiger charge is 2.31. The molecule has 1 unspecified atom stereocenters. The summed E-state index contributed by atoms with van der Waals surface area (Å²) in [5.74, 6) is -0.934. The summed E-state index contributed by atoms with van der Waals surface area (Å²) in [7, 11) is 3.03. The van der Waals surface area contributed by atoms with Crippen LogP contribution >= 0.6 is 23.1 Å². The summed E-state index contributed by atoms with van der Waals surface area (Å²) in [5.41, 5.74) is 2.53. The van der Waals surface area contributed by atoms with Gasteiger partial charge in [0.25, 0.3) is 11.8 Å².